The van der Waals surface area contributed by atoms with E-state index in [1.54, 1.807) is 26.9 Å². The Morgan fingerprint density at radius 1 is 1.15 bits per heavy atom. The van der Waals surface area contributed by atoms with E-state index in [1.165, 1.54) is 0 Å². The Morgan fingerprint density at radius 2 is 1.82 bits per heavy atom. The van der Waals surface area contributed by atoms with Gasteiger partial charge in [-0.15, -0.1) is 13.2 Å². The lowest BCUT2D eigenvalue weighted by molar-refractivity contribution is -0.153. The molecule has 0 radical (unpaired) electrons. The topological polar surface area (TPSA) is 90.4 Å². The van der Waals surface area contributed by atoms with Crippen LogP contribution < -0.4 is 4.90 Å². The van der Waals surface area contributed by atoms with Crippen molar-refractivity contribution in [3.05, 3.63) is 55.6 Å². The number of aliphatic hydroxyl groups excluding tert-OH is 1. The van der Waals surface area contributed by atoms with E-state index in [2.05, 4.69) is 13.2 Å². The van der Waals surface area contributed by atoms with Crippen molar-refractivity contribution in [2.45, 2.75) is 76.8 Å². The normalized spacial score (nSPS) is 28.8. The Hall–Kier alpha value is -2.97. The van der Waals surface area contributed by atoms with Gasteiger partial charge in [0.1, 0.15) is 11.6 Å². The maximum absolute atomic E-state index is 14.4. The molecule has 1 spiro atoms. The number of aliphatic hydroxyl groups is 1. The molecule has 3 fully saturated rings. The number of nitrogens with zero attached hydrogens (tertiary/aromatic N) is 3. The fraction of sp³-hybridized carbons (Fsp3) is 0.581. The van der Waals surface area contributed by atoms with Crippen LogP contribution in [0.3, 0.4) is 0 Å². The summed E-state index contributed by atoms with van der Waals surface area (Å²) in [6, 6.07) is 7.73. The van der Waals surface area contributed by atoms with Gasteiger partial charge in [-0.2, -0.15) is 0 Å². The summed E-state index contributed by atoms with van der Waals surface area (Å²) >= 11 is 0. The first kappa shape index (κ1) is 29.0. The molecular weight excluding hydrogens is 494 g/mol. The van der Waals surface area contributed by atoms with E-state index in [-0.39, 0.29) is 36.3 Å². The molecule has 2 bridgehead atoms. The minimum Gasteiger partial charge on any atom is -0.394 e. The lowest BCUT2D eigenvalue weighted by Crippen LogP contribution is -2.60. The van der Waals surface area contributed by atoms with Gasteiger partial charge in [-0.3, -0.25) is 14.4 Å². The van der Waals surface area contributed by atoms with E-state index in [0.29, 0.717) is 25.9 Å². The highest BCUT2D eigenvalue weighted by Gasteiger charge is 2.75. The minimum atomic E-state index is -1.12. The van der Waals surface area contributed by atoms with E-state index >= 15 is 0 Å². The molecule has 0 saturated carbocycles. The molecule has 212 valence electrons. The molecule has 1 aromatic carbocycles. The third-order valence-electron chi connectivity index (χ3n) is 8.98. The average Bonchev–Trinajstić information content (AvgIpc) is 3.58. The maximum atomic E-state index is 14.4. The Kier molecular flexibility index (Phi) is 8.66. The molecule has 8 heteroatoms. The van der Waals surface area contributed by atoms with Gasteiger partial charge in [-0.1, -0.05) is 50.6 Å². The molecular formula is C31H43N3O5. The van der Waals surface area contributed by atoms with Crippen molar-refractivity contribution >= 4 is 23.4 Å². The second kappa shape index (κ2) is 11.6. The van der Waals surface area contributed by atoms with Crippen LogP contribution in [0.2, 0.25) is 0 Å². The second-order valence-corrected chi connectivity index (χ2v) is 11.4. The van der Waals surface area contributed by atoms with Crippen molar-refractivity contribution in [1.82, 2.24) is 9.80 Å². The zero-order valence-corrected chi connectivity index (χ0v) is 23.7. The average molecular weight is 538 g/mol. The summed E-state index contributed by atoms with van der Waals surface area (Å²) in [4.78, 5) is 48.0. The van der Waals surface area contributed by atoms with Crippen LogP contribution in [-0.2, 0) is 19.1 Å². The van der Waals surface area contributed by atoms with Crippen LogP contribution in [-0.4, -0.2) is 82.2 Å². The van der Waals surface area contributed by atoms with Crippen LogP contribution in [0.1, 0.15) is 47.0 Å². The number of hydrogen-bond donors (Lipinski definition) is 1. The number of amides is 3. The van der Waals surface area contributed by atoms with Crippen LogP contribution in [0.25, 0.3) is 0 Å². The molecule has 3 aliphatic heterocycles. The van der Waals surface area contributed by atoms with Crippen molar-refractivity contribution in [1.29, 1.82) is 0 Å². The van der Waals surface area contributed by atoms with Crippen molar-refractivity contribution in [3.8, 4) is 0 Å². The first-order valence-electron chi connectivity index (χ1n) is 14.2. The van der Waals surface area contributed by atoms with Crippen molar-refractivity contribution in [2.75, 3.05) is 24.6 Å². The number of anilines is 1. The monoisotopic (exact) mass is 537 g/mol. The van der Waals surface area contributed by atoms with Crippen molar-refractivity contribution < 1.29 is 24.2 Å². The van der Waals surface area contributed by atoms with Crippen LogP contribution >= 0.6 is 0 Å². The summed E-state index contributed by atoms with van der Waals surface area (Å²) in [6.45, 7) is 15.9. The molecule has 39 heavy (non-hydrogen) atoms. The van der Waals surface area contributed by atoms with Crippen LogP contribution in [0.15, 0.2) is 55.6 Å². The standard InChI is InChI=1S/C31H43N3O5/c1-7-17-32(20(4)5)30(38)27-31-16-15-24(39-31)25(26(31)29(37)34(27)23(19-35)21(6)9-3)28(36)33(18-8-2)22-13-11-10-12-14-22/h7-8,10-14,20-21,23-27,35H,1-2,9,15-19H2,3-6H3/t21-,23-,24+,25-,26-,27?,31?/m0/s1. The number of hydrogen-bond acceptors (Lipinski definition) is 5. The van der Waals surface area contributed by atoms with Gasteiger partial charge < -0.3 is 24.5 Å². The van der Waals surface area contributed by atoms with Crippen LogP contribution in [0.4, 0.5) is 5.69 Å². The maximum Gasteiger partial charge on any atom is 0.248 e. The van der Waals surface area contributed by atoms with Gasteiger partial charge in [0.25, 0.3) is 0 Å². The molecule has 7 atom stereocenters. The molecule has 2 unspecified atom stereocenters. The minimum absolute atomic E-state index is 0.0516. The Morgan fingerprint density at radius 3 is 2.38 bits per heavy atom. The first-order valence-corrected chi connectivity index (χ1v) is 14.2. The third kappa shape index (κ3) is 4.72. The summed E-state index contributed by atoms with van der Waals surface area (Å²) in [5.41, 5.74) is -0.399. The third-order valence-corrected chi connectivity index (χ3v) is 8.98. The number of carbonyl (C=O) groups is 3. The SMILES string of the molecule is C=CCN(C(=O)[C@@H]1[C@H]2C(=O)N([C@@H](CO)[C@@H](C)CC)C(C(=O)N(CC=C)C(C)C)C23CC[C@H]1O3)c1ccccc1. The molecule has 1 N–H and O–H groups in total. The summed E-state index contributed by atoms with van der Waals surface area (Å²) in [7, 11) is 0. The van der Waals surface area contributed by atoms with Crippen molar-refractivity contribution in [2.24, 2.45) is 17.8 Å². The van der Waals surface area contributed by atoms with E-state index in [1.807, 2.05) is 58.0 Å². The van der Waals surface area contributed by atoms with Gasteiger partial charge in [0.15, 0.2) is 0 Å². The van der Waals surface area contributed by atoms with E-state index in [4.69, 9.17) is 4.74 Å². The summed E-state index contributed by atoms with van der Waals surface area (Å²) in [5, 5.41) is 10.5. The number of carbonyl (C=O) groups excluding carboxylic acids is 3. The lowest BCUT2D eigenvalue weighted by Gasteiger charge is -2.41. The van der Waals surface area contributed by atoms with Gasteiger partial charge in [0.2, 0.25) is 17.7 Å². The van der Waals surface area contributed by atoms with Gasteiger partial charge in [-0.25, -0.2) is 0 Å². The summed E-state index contributed by atoms with van der Waals surface area (Å²) in [6.07, 6.45) is 4.72. The number of para-hydroxylation sites is 1. The molecule has 1 aromatic rings. The zero-order chi connectivity index (χ0) is 28.5. The van der Waals surface area contributed by atoms with E-state index in [9.17, 15) is 19.5 Å². The smallest absolute Gasteiger partial charge is 0.248 e. The number of ether oxygens (including phenoxy) is 1. The van der Waals surface area contributed by atoms with Gasteiger partial charge >= 0.3 is 0 Å². The van der Waals surface area contributed by atoms with E-state index < -0.39 is 35.6 Å². The van der Waals surface area contributed by atoms with Gasteiger partial charge in [0.05, 0.1) is 30.6 Å². The summed E-state index contributed by atoms with van der Waals surface area (Å²) < 4.78 is 6.64. The fourth-order valence-electron chi connectivity index (χ4n) is 6.91. The van der Waals surface area contributed by atoms with Gasteiger partial charge in [-0.05, 0) is 44.7 Å². The largest absolute Gasteiger partial charge is 0.394 e. The van der Waals surface area contributed by atoms with Crippen LogP contribution in [0, 0.1) is 17.8 Å². The van der Waals surface area contributed by atoms with E-state index in [0.717, 1.165) is 12.1 Å². The fourth-order valence-corrected chi connectivity index (χ4v) is 6.91. The second-order valence-electron chi connectivity index (χ2n) is 11.4. The molecule has 0 aliphatic carbocycles. The molecule has 3 heterocycles. The number of likely N-dealkylation sites (tertiary alicyclic amines) is 1. The molecule has 8 nitrogen and oxygen atoms in total. The highest BCUT2D eigenvalue weighted by molar-refractivity contribution is 6.03. The Labute approximate surface area is 232 Å². The predicted octanol–water partition coefficient (Wildman–Crippen LogP) is 3.41. The molecule has 3 amide bonds. The highest BCUT2D eigenvalue weighted by atomic mass is 16.5. The first-order chi connectivity index (χ1) is 18.7. The Bertz CT molecular complexity index is 1090. The van der Waals surface area contributed by atoms with Gasteiger partial charge in [0, 0.05) is 24.8 Å². The molecule has 3 aliphatic rings. The number of fused-ring (bicyclic) bond motifs is 1. The zero-order valence-electron chi connectivity index (χ0n) is 23.7. The molecule has 0 aromatic heterocycles. The molecule has 3 saturated heterocycles. The predicted molar refractivity (Wildman–Crippen MR) is 151 cm³/mol. The highest BCUT2D eigenvalue weighted by Crippen LogP contribution is 2.59. The Balaban J connectivity index is 1.82. The lowest BCUT2D eigenvalue weighted by atomic mass is 9.70. The van der Waals surface area contributed by atoms with Crippen molar-refractivity contribution in [3.63, 3.8) is 0 Å². The number of benzene rings is 1. The summed E-state index contributed by atoms with van der Waals surface area (Å²) in [5.74, 6) is -2.27. The quantitative estimate of drug-likeness (QED) is 0.413. The van der Waals surface area contributed by atoms with Crippen LogP contribution in [0.5, 0.6) is 0 Å². The number of rotatable bonds is 12. The molecule has 4 rings (SSSR count).